The van der Waals surface area contributed by atoms with E-state index in [1.165, 1.54) is 6.07 Å². The molecular weight excluding hydrogens is 326 g/mol. The molecule has 0 aromatic heterocycles. The van der Waals surface area contributed by atoms with Crippen LogP contribution in [0.4, 0.5) is 14.5 Å². The second-order valence-electron chi connectivity index (χ2n) is 6.42. The third-order valence-corrected chi connectivity index (χ3v) is 4.40. The summed E-state index contributed by atoms with van der Waals surface area (Å²) < 4.78 is 28.0. The van der Waals surface area contributed by atoms with Crippen molar-refractivity contribution in [1.29, 1.82) is 0 Å². The summed E-state index contributed by atoms with van der Waals surface area (Å²) in [5.74, 6) is -0.705. The van der Waals surface area contributed by atoms with Gasteiger partial charge < -0.3 is 10.2 Å². The molecule has 2 rings (SSSR count). The van der Waals surface area contributed by atoms with Crippen LogP contribution < -0.4 is 10.2 Å². The van der Waals surface area contributed by atoms with Crippen LogP contribution in [-0.2, 0) is 0 Å². The summed E-state index contributed by atoms with van der Waals surface area (Å²) in [5, 5.41) is 3.49. The van der Waals surface area contributed by atoms with Crippen molar-refractivity contribution in [2.24, 2.45) is 5.92 Å². The molecular formula is C15H21BrF2N2. The minimum absolute atomic E-state index is 0.105. The Morgan fingerprint density at radius 2 is 2.00 bits per heavy atom. The first-order chi connectivity index (χ1) is 9.21. The lowest BCUT2D eigenvalue weighted by Crippen LogP contribution is -2.63. The Balaban J connectivity index is 2.46. The number of hydrogen-bond donors (Lipinski definition) is 1. The van der Waals surface area contributed by atoms with Gasteiger partial charge in [-0.25, -0.2) is 8.78 Å². The summed E-state index contributed by atoms with van der Waals surface area (Å²) in [7, 11) is 0. The number of piperazine rings is 1. The van der Waals surface area contributed by atoms with Crippen molar-refractivity contribution in [1.82, 2.24) is 5.32 Å². The normalized spacial score (nSPS) is 22.4. The predicted octanol–water partition coefficient (Wildman–Crippen LogP) is 3.94. The molecule has 112 valence electrons. The van der Waals surface area contributed by atoms with Gasteiger partial charge in [0.2, 0.25) is 0 Å². The Morgan fingerprint density at radius 1 is 1.35 bits per heavy atom. The van der Waals surface area contributed by atoms with Gasteiger partial charge >= 0.3 is 0 Å². The molecule has 2 nitrogen and oxygen atoms in total. The van der Waals surface area contributed by atoms with Gasteiger partial charge in [-0.1, -0.05) is 13.8 Å². The molecule has 1 aromatic carbocycles. The van der Waals surface area contributed by atoms with Crippen LogP contribution in [0.25, 0.3) is 0 Å². The van der Waals surface area contributed by atoms with E-state index in [0.717, 1.165) is 12.6 Å². The lowest BCUT2D eigenvalue weighted by molar-refractivity contribution is 0.275. The summed E-state index contributed by atoms with van der Waals surface area (Å²) in [6, 6.07) is 2.46. The van der Waals surface area contributed by atoms with Crippen molar-refractivity contribution in [3.05, 3.63) is 28.2 Å². The zero-order valence-electron chi connectivity index (χ0n) is 12.3. The molecule has 0 bridgehead atoms. The maximum Gasteiger partial charge on any atom is 0.150 e. The molecule has 1 aliphatic heterocycles. The summed E-state index contributed by atoms with van der Waals surface area (Å²) in [6.07, 6.45) is 0. The van der Waals surface area contributed by atoms with Crippen molar-refractivity contribution in [3.8, 4) is 0 Å². The molecule has 0 spiro atoms. The highest BCUT2D eigenvalue weighted by Crippen LogP contribution is 2.35. The second kappa shape index (κ2) is 5.60. The minimum Gasteiger partial charge on any atom is -0.362 e. The molecule has 1 aromatic rings. The molecule has 0 amide bonds. The van der Waals surface area contributed by atoms with E-state index < -0.39 is 11.6 Å². The van der Waals surface area contributed by atoms with Crippen LogP contribution in [0.1, 0.15) is 27.7 Å². The van der Waals surface area contributed by atoms with Crippen LogP contribution in [0.5, 0.6) is 0 Å². The first-order valence-electron chi connectivity index (χ1n) is 6.87. The molecule has 0 saturated carbocycles. The standard InChI is InChI=1S/C15H21BrF2N2/c1-9(2)13-7-19-15(3,4)8-20(13)14-11(16)5-10(17)6-12(14)18/h5-6,9,13,19H,7-8H2,1-4H3. The highest BCUT2D eigenvalue weighted by atomic mass is 79.9. The Kier molecular flexibility index (Phi) is 4.40. The number of anilines is 1. The van der Waals surface area contributed by atoms with Crippen LogP contribution in [0.2, 0.25) is 0 Å². The molecule has 1 N–H and O–H groups in total. The molecule has 0 radical (unpaired) electrons. The molecule has 1 aliphatic rings. The third-order valence-electron chi connectivity index (χ3n) is 3.79. The van der Waals surface area contributed by atoms with E-state index in [-0.39, 0.29) is 11.6 Å². The Bertz CT molecular complexity index is 480. The average molecular weight is 347 g/mol. The van der Waals surface area contributed by atoms with Crippen LogP contribution in [0, 0.1) is 17.6 Å². The summed E-state index contributed by atoms with van der Waals surface area (Å²) >= 11 is 3.31. The van der Waals surface area contributed by atoms with Crippen molar-refractivity contribution in [3.63, 3.8) is 0 Å². The summed E-state index contributed by atoms with van der Waals surface area (Å²) in [5.41, 5.74) is 0.353. The average Bonchev–Trinajstić information content (AvgIpc) is 2.25. The number of halogens is 3. The Labute approximate surface area is 127 Å². The third kappa shape index (κ3) is 3.14. The topological polar surface area (TPSA) is 15.3 Å². The molecule has 0 aliphatic carbocycles. The van der Waals surface area contributed by atoms with E-state index in [0.29, 0.717) is 22.6 Å². The van der Waals surface area contributed by atoms with Gasteiger partial charge in [0.1, 0.15) is 5.82 Å². The molecule has 20 heavy (non-hydrogen) atoms. The zero-order valence-corrected chi connectivity index (χ0v) is 13.9. The van der Waals surface area contributed by atoms with Gasteiger partial charge in [-0.15, -0.1) is 0 Å². The molecule has 1 atom stereocenters. The highest BCUT2D eigenvalue weighted by molar-refractivity contribution is 9.10. The summed E-state index contributed by atoms with van der Waals surface area (Å²) in [6.45, 7) is 9.88. The van der Waals surface area contributed by atoms with Crippen molar-refractivity contribution >= 4 is 21.6 Å². The van der Waals surface area contributed by atoms with E-state index in [4.69, 9.17) is 0 Å². The number of nitrogens with one attached hydrogen (secondary N) is 1. The van der Waals surface area contributed by atoms with Crippen LogP contribution in [0.15, 0.2) is 16.6 Å². The minimum atomic E-state index is -0.561. The Hall–Kier alpha value is -0.680. The fourth-order valence-electron chi connectivity index (χ4n) is 2.74. The van der Waals surface area contributed by atoms with E-state index in [1.807, 2.05) is 0 Å². The van der Waals surface area contributed by atoms with E-state index in [2.05, 4.69) is 53.8 Å². The largest absolute Gasteiger partial charge is 0.362 e. The first-order valence-corrected chi connectivity index (χ1v) is 7.67. The van der Waals surface area contributed by atoms with E-state index in [9.17, 15) is 8.78 Å². The van der Waals surface area contributed by atoms with Gasteiger partial charge in [-0.3, -0.25) is 0 Å². The van der Waals surface area contributed by atoms with E-state index >= 15 is 0 Å². The van der Waals surface area contributed by atoms with Crippen LogP contribution >= 0.6 is 15.9 Å². The van der Waals surface area contributed by atoms with Crippen LogP contribution in [-0.4, -0.2) is 24.7 Å². The van der Waals surface area contributed by atoms with Gasteiger partial charge in [-0.05, 0) is 41.8 Å². The van der Waals surface area contributed by atoms with E-state index in [1.54, 1.807) is 0 Å². The second-order valence-corrected chi connectivity index (χ2v) is 7.28. The van der Waals surface area contributed by atoms with Crippen molar-refractivity contribution in [2.45, 2.75) is 39.3 Å². The fourth-order valence-corrected chi connectivity index (χ4v) is 3.38. The predicted molar refractivity (Wildman–Crippen MR) is 82.1 cm³/mol. The molecule has 1 heterocycles. The van der Waals surface area contributed by atoms with Gasteiger partial charge in [0.05, 0.1) is 5.69 Å². The Morgan fingerprint density at radius 3 is 2.55 bits per heavy atom. The van der Waals surface area contributed by atoms with Crippen molar-refractivity contribution < 1.29 is 8.78 Å². The quantitative estimate of drug-likeness (QED) is 0.872. The number of hydrogen-bond acceptors (Lipinski definition) is 2. The van der Waals surface area contributed by atoms with Gasteiger partial charge in [0.25, 0.3) is 0 Å². The SMILES string of the molecule is CC(C)C1CNC(C)(C)CN1c1c(F)cc(F)cc1Br. The van der Waals surface area contributed by atoms with Gasteiger partial charge in [0.15, 0.2) is 5.82 Å². The number of nitrogens with zero attached hydrogens (tertiary/aromatic N) is 1. The fraction of sp³-hybridized carbons (Fsp3) is 0.600. The van der Waals surface area contributed by atoms with Gasteiger partial charge in [0, 0.05) is 35.2 Å². The summed E-state index contributed by atoms with van der Waals surface area (Å²) in [4.78, 5) is 2.06. The maximum absolute atomic E-state index is 14.3. The van der Waals surface area contributed by atoms with Gasteiger partial charge in [-0.2, -0.15) is 0 Å². The van der Waals surface area contributed by atoms with Crippen LogP contribution in [0.3, 0.4) is 0 Å². The molecule has 5 heteroatoms. The molecule has 1 unspecified atom stereocenters. The lowest BCUT2D eigenvalue weighted by Gasteiger charge is -2.47. The highest BCUT2D eigenvalue weighted by Gasteiger charge is 2.36. The number of rotatable bonds is 2. The van der Waals surface area contributed by atoms with Crippen molar-refractivity contribution in [2.75, 3.05) is 18.0 Å². The lowest BCUT2D eigenvalue weighted by atomic mass is 9.92. The zero-order chi connectivity index (χ0) is 15.1. The number of benzene rings is 1. The maximum atomic E-state index is 14.3. The molecule has 1 saturated heterocycles. The smallest absolute Gasteiger partial charge is 0.150 e. The first kappa shape index (κ1) is 15.7. The molecule has 1 fully saturated rings. The monoisotopic (exact) mass is 346 g/mol.